The van der Waals surface area contributed by atoms with Crippen molar-refractivity contribution < 1.29 is 31.1 Å². The van der Waals surface area contributed by atoms with Crippen LogP contribution in [0, 0.1) is 38.0 Å². The summed E-state index contributed by atoms with van der Waals surface area (Å²) in [5.41, 5.74) is 0. The predicted molar refractivity (Wildman–Crippen MR) is 37.6 cm³/mol. The van der Waals surface area contributed by atoms with Crippen LogP contribution >= 0.6 is 11.8 Å². The molecule has 0 nitrogen and oxygen atoms in total. The van der Waals surface area contributed by atoms with Gasteiger partial charge in [0.1, 0.15) is 0 Å². The van der Waals surface area contributed by atoms with Gasteiger partial charge in [-0.05, 0) is 0 Å². The molecule has 0 atom stereocenters. The van der Waals surface area contributed by atoms with Gasteiger partial charge in [0.15, 0.2) is 0 Å². The summed E-state index contributed by atoms with van der Waals surface area (Å²) >= 11 is 1.88. The molecule has 0 aliphatic rings. The summed E-state index contributed by atoms with van der Waals surface area (Å²) in [5, 5.41) is 0. The monoisotopic (exact) mass is 355 g/mol. The van der Waals surface area contributed by atoms with E-state index >= 15 is 0 Å². The van der Waals surface area contributed by atoms with Gasteiger partial charge in [-0.25, -0.2) is 0 Å². The van der Waals surface area contributed by atoms with Crippen molar-refractivity contribution in [2.24, 2.45) is 0 Å². The molecule has 48 valence electrons. The first-order chi connectivity index (χ1) is 3.06. The minimum atomic E-state index is 0. The van der Waals surface area contributed by atoms with Crippen molar-refractivity contribution in [3.05, 3.63) is 6.92 Å². The molecule has 2 heteroatoms. The molecule has 0 N–H and O–H groups in total. The molecule has 0 aromatic rings. The van der Waals surface area contributed by atoms with Crippen LogP contribution in [0.5, 0.6) is 0 Å². The summed E-state index contributed by atoms with van der Waals surface area (Å²) in [7, 11) is 0. The Balaban J connectivity index is 0. The van der Waals surface area contributed by atoms with Gasteiger partial charge in [0.05, 0.1) is 0 Å². The first kappa shape index (κ1) is 12.1. The molecule has 0 saturated carbocycles. The van der Waals surface area contributed by atoms with Gasteiger partial charge < -0.3 is 6.92 Å². The quantitative estimate of drug-likeness (QED) is 0.651. The Morgan fingerprint density at radius 3 is 1.75 bits per heavy atom. The number of hydrogen-bond donors (Lipinski definition) is 0. The molecule has 0 aromatic heterocycles. The van der Waals surface area contributed by atoms with Crippen LogP contribution in [0.2, 0.25) is 0 Å². The Morgan fingerprint density at radius 1 is 1.38 bits per heavy atom. The van der Waals surface area contributed by atoms with Gasteiger partial charge >= 0.3 is 0 Å². The summed E-state index contributed by atoms with van der Waals surface area (Å²) in [4.78, 5) is 0. The van der Waals surface area contributed by atoms with E-state index in [1.807, 2.05) is 11.8 Å². The molecule has 0 saturated heterocycles. The maximum absolute atomic E-state index is 3.73. The van der Waals surface area contributed by atoms with Crippen LogP contribution in [0.4, 0.5) is 0 Å². The zero-order valence-corrected chi connectivity index (χ0v) is 10.8. The van der Waals surface area contributed by atoms with Crippen molar-refractivity contribution in [2.75, 3.05) is 5.75 Å². The van der Waals surface area contributed by atoms with Crippen LogP contribution in [0.25, 0.3) is 0 Å². The predicted octanol–water partition coefficient (Wildman–Crippen LogP) is 2.35. The van der Waals surface area contributed by atoms with E-state index in [2.05, 4.69) is 27.7 Å². The Labute approximate surface area is 80.6 Å². The molecule has 0 heterocycles. The summed E-state index contributed by atoms with van der Waals surface area (Å²) in [6.45, 7) is 10.3. The van der Waals surface area contributed by atoms with Crippen molar-refractivity contribution >= 4 is 11.8 Å². The molecule has 0 radical (unpaired) electrons. The minimum Gasteiger partial charge on any atom is -0.334 e. The third-order valence-corrected chi connectivity index (χ3v) is 1.61. The Morgan fingerprint density at radius 2 is 1.75 bits per heavy atom. The van der Waals surface area contributed by atoms with Crippen LogP contribution in [0.15, 0.2) is 0 Å². The van der Waals surface area contributed by atoms with E-state index in [9.17, 15) is 0 Å². The molecule has 0 amide bonds. The van der Waals surface area contributed by atoms with E-state index in [0.29, 0.717) is 4.75 Å². The molecule has 0 unspecified atom stereocenters. The van der Waals surface area contributed by atoms with Gasteiger partial charge in [-0.2, -0.15) is 11.8 Å². The second-order valence-corrected chi connectivity index (χ2v) is 4.38. The van der Waals surface area contributed by atoms with Gasteiger partial charge in [0.2, 0.25) is 0 Å². The van der Waals surface area contributed by atoms with Crippen molar-refractivity contribution in [3.8, 4) is 0 Å². The molecule has 0 spiro atoms. The molecule has 0 aliphatic heterocycles. The number of hydrogen-bond acceptors (Lipinski definition) is 1. The van der Waals surface area contributed by atoms with Crippen LogP contribution in [0.3, 0.4) is 0 Å². The van der Waals surface area contributed by atoms with E-state index in [0.717, 1.165) is 5.75 Å². The van der Waals surface area contributed by atoms with E-state index in [1.54, 1.807) is 0 Å². The molecular formula is C6H13SU-. The van der Waals surface area contributed by atoms with Crippen LogP contribution in [-0.4, -0.2) is 10.5 Å². The zero-order valence-electron chi connectivity index (χ0n) is 5.82. The van der Waals surface area contributed by atoms with Gasteiger partial charge in [0.25, 0.3) is 0 Å². The minimum absolute atomic E-state index is 0. The second-order valence-electron chi connectivity index (χ2n) is 2.46. The summed E-state index contributed by atoms with van der Waals surface area (Å²) in [6, 6.07) is 0. The van der Waals surface area contributed by atoms with Crippen LogP contribution < -0.4 is 0 Å². The van der Waals surface area contributed by atoms with E-state index in [1.165, 1.54) is 0 Å². The molecule has 8 heavy (non-hydrogen) atoms. The van der Waals surface area contributed by atoms with E-state index < -0.39 is 0 Å². The smallest absolute Gasteiger partial charge is 0.00492 e. The molecule has 0 bridgehead atoms. The summed E-state index contributed by atoms with van der Waals surface area (Å²) in [5.74, 6) is 0.976. The fourth-order valence-electron chi connectivity index (χ4n) is 0.306. The third-order valence-electron chi connectivity index (χ3n) is 0.535. The van der Waals surface area contributed by atoms with Crippen LogP contribution in [-0.2, 0) is 0 Å². The van der Waals surface area contributed by atoms with Crippen molar-refractivity contribution in [1.82, 2.24) is 0 Å². The van der Waals surface area contributed by atoms with Gasteiger partial charge in [-0.1, -0.05) is 20.8 Å². The van der Waals surface area contributed by atoms with Crippen molar-refractivity contribution in [2.45, 2.75) is 25.5 Å². The molecule has 0 rings (SSSR count). The molecule has 0 aliphatic carbocycles. The third kappa shape index (κ3) is 10.4. The van der Waals surface area contributed by atoms with Gasteiger partial charge in [-0.3, -0.25) is 0 Å². The van der Waals surface area contributed by atoms with E-state index in [4.69, 9.17) is 0 Å². The second kappa shape index (κ2) is 5.21. The number of thioether (sulfide) groups is 1. The fraction of sp³-hybridized carbons (Fsp3) is 0.833. The topological polar surface area (TPSA) is 0 Å². The number of rotatable bonds is 1. The van der Waals surface area contributed by atoms with Crippen molar-refractivity contribution in [1.29, 1.82) is 0 Å². The maximum Gasteiger partial charge on any atom is 0.00492 e. The average Bonchev–Trinajstić information content (AvgIpc) is 1.30. The Hall–Kier alpha value is 1.40. The summed E-state index contributed by atoms with van der Waals surface area (Å²) < 4.78 is 0.405. The largest absolute Gasteiger partial charge is 0.334 e. The SMILES string of the molecule is [CH2-]CSC(C)(C)C.[U]. The van der Waals surface area contributed by atoms with Crippen molar-refractivity contribution in [3.63, 3.8) is 0 Å². The fourth-order valence-corrected chi connectivity index (χ4v) is 0.919. The maximum atomic E-state index is 3.73. The van der Waals surface area contributed by atoms with Gasteiger partial charge in [0, 0.05) is 35.9 Å². The molecule has 0 aromatic carbocycles. The normalized spacial score (nSPS) is 10.5. The Bertz CT molecular complexity index is 47.0. The van der Waals surface area contributed by atoms with Crippen LogP contribution in [0.1, 0.15) is 20.8 Å². The molecule has 0 fully saturated rings. The Kier molecular flexibility index (Phi) is 7.89. The first-order valence-corrected chi connectivity index (χ1v) is 3.48. The summed E-state index contributed by atoms with van der Waals surface area (Å²) in [6.07, 6.45) is 0. The standard InChI is InChI=1S/C6H13S.U/c1-5-7-6(2,3)4;/h1,5H2,2-4H3;/q-1;. The van der Waals surface area contributed by atoms with Gasteiger partial charge in [-0.15, -0.1) is 5.75 Å². The zero-order chi connectivity index (χ0) is 5.91. The first-order valence-electron chi connectivity index (χ1n) is 2.49. The van der Waals surface area contributed by atoms with E-state index in [-0.39, 0.29) is 31.1 Å². The average molecular weight is 355 g/mol. The molecular weight excluding hydrogens is 342 g/mol.